The van der Waals surface area contributed by atoms with Crippen molar-refractivity contribution in [2.24, 2.45) is 0 Å². The number of hydrogen-bond donors (Lipinski definition) is 1. The van der Waals surface area contributed by atoms with Crippen molar-refractivity contribution in [1.29, 1.82) is 5.26 Å². The van der Waals surface area contributed by atoms with Gasteiger partial charge in [0, 0.05) is 6.20 Å². The number of aromatic nitrogens is 1. The van der Waals surface area contributed by atoms with E-state index in [1.807, 2.05) is 13.0 Å². The van der Waals surface area contributed by atoms with Crippen LogP contribution in [0.1, 0.15) is 29.4 Å². The van der Waals surface area contributed by atoms with Crippen molar-refractivity contribution in [2.45, 2.75) is 13.3 Å². The van der Waals surface area contributed by atoms with Crippen LogP contribution in [0.4, 0.5) is 5.69 Å². The zero-order chi connectivity index (χ0) is 13.1. The molecule has 0 saturated carbocycles. The molecule has 0 fully saturated rings. The van der Waals surface area contributed by atoms with E-state index in [0.29, 0.717) is 17.7 Å². The summed E-state index contributed by atoms with van der Waals surface area (Å²) in [5, 5.41) is 9.09. The van der Waals surface area contributed by atoms with Crippen LogP contribution < -0.4 is 5.73 Å². The van der Waals surface area contributed by atoms with E-state index in [1.165, 1.54) is 0 Å². The van der Waals surface area contributed by atoms with E-state index in [9.17, 15) is 4.79 Å². The summed E-state index contributed by atoms with van der Waals surface area (Å²) in [5.74, 6) is -0.503. The maximum absolute atomic E-state index is 11.9. The fourth-order valence-electron chi connectivity index (χ4n) is 1.82. The lowest BCUT2D eigenvalue weighted by Gasteiger charge is -2.04. The zero-order valence-electron chi connectivity index (χ0n) is 10.0. The first-order valence-corrected chi connectivity index (χ1v) is 5.66. The van der Waals surface area contributed by atoms with Gasteiger partial charge in [0.1, 0.15) is 11.6 Å². The largest absolute Gasteiger partial charge is 0.461 e. The number of rotatable bonds is 3. The summed E-state index contributed by atoms with van der Waals surface area (Å²) in [6.45, 7) is 2.24. The Morgan fingerprint density at radius 2 is 2.33 bits per heavy atom. The molecule has 2 rings (SSSR count). The van der Waals surface area contributed by atoms with Crippen LogP contribution in [0, 0.1) is 11.3 Å². The minimum Gasteiger partial charge on any atom is -0.461 e. The number of nitrogen functional groups attached to an aromatic ring is 1. The second kappa shape index (κ2) is 4.80. The SMILES string of the molecule is CCCOC(=O)c1c(N)c(C#N)c2ccccn12. The van der Waals surface area contributed by atoms with Crippen LogP contribution in [0.15, 0.2) is 24.4 Å². The van der Waals surface area contributed by atoms with Crippen LogP contribution in [0.2, 0.25) is 0 Å². The van der Waals surface area contributed by atoms with Crippen molar-refractivity contribution in [1.82, 2.24) is 4.40 Å². The van der Waals surface area contributed by atoms with E-state index < -0.39 is 5.97 Å². The molecule has 0 aliphatic carbocycles. The average Bonchev–Trinajstić information content (AvgIpc) is 2.67. The molecular formula is C13H13N3O2. The highest BCUT2D eigenvalue weighted by molar-refractivity contribution is 5.98. The Morgan fingerprint density at radius 3 is 3.00 bits per heavy atom. The number of ether oxygens (including phenoxy) is 1. The van der Waals surface area contributed by atoms with Crippen molar-refractivity contribution in [3.8, 4) is 6.07 Å². The Bertz CT molecular complexity index is 637. The molecule has 5 heteroatoms. The molecule has 0 amide bonds. The number of nitriles is 1. The predicted octanol–water partition coefficient (Wildman–Crippen LogP) is 1.96. The third-order valence-corrected chi connectivity index (χ3v) is 2.62. The quantitative estimate of drug-likeness (QED) is 0.835. The summed E-state index contributed by atoms with van der Waals surface area (Å²) < 4.78 is 6.66. The summed E-state index contributed by atoms with van der Waals surface area (Å²) in [5.41, 5.74) is 7.16. The molecular weight excluding hydrogens is 230 g/mol. The van der Waals surface area contributed by atoms with E-state index in [4.69, 9.17) is 15.7 Å². The van der Waals surface area contributed by atoms with E-state index >= 15 is 0 Å². The number of nitrogens with two attached hydrogens (primary N) is 1. The van der Waals surface area contributed by atoms with Gasteiger partial charge in [-0.3, -0.25) is 0 Å². The van der Waals surface area contributed by atoms with Gasteiger partial charge < -0.3 is 14.9 Å². The fraction of sp³-hybridized carbons (Fsp3) is 0.231. The first-order chi connectivity index (χ1) is 8.70. The number of fused-ring (bicyclic) bond motifs is 1. The number of nitrogens with zero attached hydrogens (tertiary/aromatic N) is 2. The van der Waals surface area contributed by atoms with Gasteiger partial charge in [0.2, 0.25) is 0 Å². The second-order valence-corrected chi connectivity index (χ2v) is 3.84. The van der Waals surface area contributed by atoms with Gasteiger partial charge in [0.15, 0.2) is 5.69 Å². The van der Waals surface area contributed by atoms with Crippen molar-refractivity contribution >= 4 is 17.2 Å². The molecule has 0 aliphatic rings. The van der Waals surface area contributed by atoms with E-state index in [1.54, 1.807) is 28.8 Å². The Morgan fingerprint density at radius 1 is 1.56 bits per heavy atom. The van der Waals surface area contributed by atoms with Gasteiger partial charge in [-0.25, -0.2) is 4.79 Å². The Balaban J connectivity index is 2.60. The van der Waals surface area contributed by atoms with Crippen LogP contribution in [-0.2, 0) is 4.74 Å². The van der Waals surface area contributed by atoms with Gasteiger partial charge >= 0.3 is 5.97 Å². The van der Waals surface area contributed by atoms with Crippen LogP contribution in [0.5, 0.6) is 0 Å². The Labute approximate surface area is 104 Å². The van der Waals surface area contributed by atoms with Gasteiger partial charge in [-0.1, -0.05) is 13.0 Å². The number of carbonyl (C=O) groups excluding carboxylic acids is 1. The molecule has 2 N–H and O–H groups in total. The number of hydrogen-bond acceptors (Lipinski definition) is 4. The summed E-state index contributed by atoms with van der Waals surface area (Å²) in [6, 6.07) is 7.31. The molecule has 0 unspecified atom stereocenters. The standard InChI is InChI=1S/C13H13N3O2/c1-2-7-18-13(17)12-11(15)9(8-14)10-5-3-4-6-16(10)12/h3-6H,2,7,15H2,1H3. The Kier molecular flexibility index (Phi) is 3.20. The number of carbonyl (C=O) groups is 1. The highest BCUT2D eigenvalue weighted by atomic mass is 16.5. The maximum Gasteiger partial charge on any atom is 0.357 e. The minimum absolute atomic E-state index is 0.171. The highest BCUT2D eigenvalue weighted by Crippen LogP contribution is 2.25. The minimum atomic E-state index is -0.503. The molecule has 0 atom stereocenters. The molecule has 2 aromatic heterocycles. The lowest BCUT2D eigenvalue weighted by atomic mass is 10.2. The number of esters is 1. The first kappa shape index (κ1) is 12.0. The molecule has 0 aliphatic heterocycles. The smallest absolute Gasteiger partial charge is 0.357 e. The van der Waals surface area contributed by atoms with Gasteiger partial charge in [-0.05, 0) is 18.6 Å². The number of pyridine rings is 1. The molecule has 2 heterocycles. The van der Waals surface area contributed by atoms with Crippen molar-refractivity contribution in [3.63, 3.8) is 0 Å². The lowest BCUT2D eigenvalue weighted by molar-refractivity contribution is 0.0498. The summed E-state index contributed by atoms with van der Waals surface area (Å²) in [4.78, 5) is 11.9. The van der Waals surface area contributed by atoms with Crippen molar-refractivity contribution in [3.05, 3.63) is 35.7 Å². The molecule has 18 heavy (non-hydrogen) atoms. The summed E-state index contributed by atoms with van der Waals surface area (Å²) >= 11 is 0. The van der Waals surface area contributed by atoms with Crippen LogP contribution in [0.3, 0.4) is 0 Å². The summed E-state index contributed by atoms with van der Waals surface area (Å²) in [6.07, 6.45) is 2.43. The van der Waals surface area contributed by atoms with Gasteiger partial charge in [-0.15, -0.1) is 0 Å². The average molecular weight is 243 g/mol. The van der Waals surface area contributed by atoms with Crippen LogP contribution >= 0.6 is 0 Å². The topological polar surface area (TPSA) is 80.5 Å². The Hall–Kier alpha value is -2.48. The second-order valence-electron chi connectivity index (χ2n) is 3.84. The predicted molar refractivity (Wildman–Crippen MR) is 67.1 cm³/mol. The van der Waals surface area contributed by atoms with Crippen molar-refractivity contribution < 1.29 is 9.53 Å². The van der Waals surface area contributed by atoms with Crippen molar-refractivity contribution in [2.75, 3.05) is 12.3 Å². The molecule has 0 aromatic carbocycles. The number of anilines is 1. The van der Waals surface area contributed by atoms with Crippen LogP contribution in [0.25, 0.3) is 5.52 Å². The van der Waals surface area contributed by atoms with Gasteiger partial charge in [0.05, 0.1) is 17.8 Å². The van der Waals surface area contributed by atoms with Gasteiger partial charge in [0.25, 0.3) is 0 Å². The molecule has 92 valence electrons. The third kappa shape index (κ3) is 1.78. The molecule has 0 bridgehead atoms. The molecule has 0 spiro atoms. The molecule has 2 aromatic rings. The fourth-order valence-corrected chi connectivity index (χ4v) is 1.82. The van der Waals surface area contributed by atoms with E-state index in [-0.39, 0.29) is 11.4 Å². The van der Waals surface area contributed by atoms with Gasteiger partial charge in [-0.2, -0.15) is 5.26 Å². The monoisotopic (exact) mass is 243 g/mol. The normalized spacial score (nSPS) is 10.2. The van der Waals surface area contributed by atoms with Crippen LogP contribution in [-0.4, -0.2) is 17.0 Å². The zero-order valence-corrected chi connectivity index (χ0v) is 10.0. The van der Waals surface area contributed by atoms with E-state index in [2.05, 4.69) is 0 Å². The molecule has 0 saturated heterocycles. The summed E-state index contributed by atoms with van der Waals surface area (Å²) in [7, 11) is 0. The maximum atomic E-state index is 11.9. The molecule has 0 radical (unpaired) electrons. The highest BCUT2D eigenvalue weighted by Gasteiger charge is 2.21. The lowest BCUT2D eigenvalue weighted by Crippen LogP contribution is -2.11. The first-order valence-electron chi connectivity index (χ1n) is 5.66. The molecule has 5 nitrogen and oxygen atoms in total. The third-order valence-electron chi connectivity index (χ3n) is 2.62. The van der Waals surface area contributed by atoms with E-state index in [0.717, 1.165) is 6.42 Å².